The van der Waals surface area contributed by atoms with Crippen molar-refractivity contribution in [3.63, 3.8) is 0 Å². The Morgan fingerprint density at radius 2 is 1.20 bits per heavy atom. The first-order valence-corrected chi connectivity index (χ1v) is 22.1. The fourth-order valence-corrected chi connectivity index (χ4v) is 15.1. The summed E-state index contributed by atoms with van der Waals surface area (Å²) in [6, 6.07) is 53.7. The molecule has 5 aliphatic carbocycles. The van der Waals surface area contributed by atoms with Crippen molar-refractivity contribution in [2.45, 2.75) is 92.3 Å². The second-order valence-corrected chi connectivity index (χ2v) is 20.7. The largest absolute Gasteiger partial charge is 0.310 e. The molecule has 6 aromatic rings. The molecule has 4 saturated carbocycles. The number of anilines is 3. The summed E-state index contributed by atoms with van der Waals surface area (Å²) in [5, 5.41) is 0. The Kier molecular flexibility index (Phi) is 6.92. The molecule has 12 rings (SSSR count). The second kappa shape index (κ2) is 11.5. The van der Waals surface area contributed by atoms with Crippen LogP contribution in [0.5, 0.6) is 0 Å². The first-order valence-electron chi connectivity index (χ1n) is 21.3. The molecule has 6 atom stereocenters. The van der Waals surface area contributed by atoms with Gasteiger partial charge in [-0.05, 0) is 160 Å². The highest BCUT2D eigenvalue weighted by Gasteiger charge is 2.84. The van der Waals surface area contributed by atoms with Crippen LogP contribution in [0.2, 0.25) is 0 Å². The summed E-state index contributed by atoms with van der Waals surface area (Å²) in [6.45, 7) is 9.76. The van der Waals surface area contributed by atoms with E-state index in [1.54, 1.807) is 11.1 Å². The molecule has 1 heterocycles. The topological polar surface area (TPSA) is 3.24 Å². The maximum atomic E-state index is 2.65. The van der Waals surface area contributed by atoms with Crippen LogP contribution in [0.4, 0.5) is 17.1 Å². The van der Waals surface area contributed by atoms with Crippen molar-refractivity contribution in [3.8, 4) is 22.3 Å². The van der Waals surface area contributed by atoms with Crippen LogP contribution in [0.25, 0.3) is 22.3 Å². The predicted octanol–water partition coefficient (Wildman–Crippen LogP) is 14.7. The van der Waals surface area contributed by atoms with Gasteiger partial charge in [0.15, 0.2) is 0 Å². The van der Waals surface area contributed by atoms with Crippen molar-refractivity contribution < 1.29 is 0 Å². The number of para-hydroxylation sites is 1. The van der Waals surface area contributed by atoms with E-state index in [2.05, 4.69) is 172 Å². The molecule has 1 nitrogen and oxygen atoms in total. The van der Waals surface area contributed by atoms with E-state index in [0.717, 1.165) is 23.7 Å². The summed E-state index contributed by atoms with van der Waals surface area (Å²) >= 11 is 2.01. The predicted molar refractivity (Wildman–Crippen MR) is 233 cm³/mol. The van der Waals surface area contributed by atoms with E-state index in [1.807, 2.05) is 11.8 Å². The molecule has 2 heteroatoms. The molecule has 2 bridgehead atoms. The van der Waals surface area contributed by atoms with Crippen LogP contribution in [0, 0.1) is 29.1 Å². The zero-order chi connectivity index (χ0) is 37.6. The fraction of sp³-hybridized carbons (Fsp3) is 0.333. The minimum atomic E-state index is 0.125. The van der Waals surface area contributed by atoms with E-state index in [1.165, 1.54) is 98.8 Å². The standard InChI is InChI=1S/C54H51NS/c1-51(2)27-28-52(3,4)50-41(16-12-18-43(50)51)36-21-23-38(24-22-36)55(45-19-10-8-15-40(45)35-13-6-5-7-14-35)39-25-26-47-44(32-39)54(42-17-9-11-20-46(42)56-47)48-30-34-29-37-31-49(54)53(37,48)33-34/h5-26,32,34,37,48-49H,27-31,33H2,1-4H3. The number of fused-ring (bicyclic) bond motifs is 8. The van der Waals surface area contributed by atoms with Crippen LogP contribution in [0.15, 0.2) is 149 Å². The molecule has 0 amide bonds. The third-order valence-corrected chi connectivity index (χ3v) is 17.4. The van der Waals surface area contributed by atoms with Gasteiger partial charge in [0.1, 0.15) is 0 Å². The highest BCUT2D eigenvalue weighted by atomic mass is 32.2. The first kappa shape index (κ1) is 33.6. The zero-order valence-electron chi connectivity index (χ0n) is 33.2. The molecule has 56 heavy (non-hydrogen) atoms. The quantitative estimate of drug-likeness (QED) is 0.173. The number of rotatable bonds is 5. The van der Waals surface area contributed by atoms with Crippen LogP contribution in [0.1, 0.15) is 88.5 Å². The van der Waals surface area contributed by atoms with Gasteiger partial charge in [0, 0.05) is 32.1 Å². The monoisotopic (exact) mass is 745 g/mol. The van der Waals surface area contributed by atoms with E-state index in [4.69, 9.17) is 0 Å². The number of hydrogen-bond acceptors (Lipinski definition) is 2. The average molecular weight is 746 g/mol. The molecule has 6 aliphatic rings. The van der Waals surface area contributed by atoms with Gasteiger partial charge in [-0.3, -0.25) is 0 Å². The molecule has 2 spiro atoms. The molecule has 0 saturated heterocycles. The normalized spacial score (nSPS) is 29.0. The Hall–Kier alpha value is -4.53. The summed E-state index contributed by atoms with van der Waals surface area (Å²) in [6.07, 6.45) is 8.23. The Balaban J connectivity index is 1.03. The van der Waals surface area contributed by atoms with Gasteiger partial charge in [-0.15, -0.1) is 0 Å². The minimum absolute atomic E-state index is 0.125. The highest BCUT2D eigenvalue weighted by molar-refractivity contribution is 7.99. The van der Waals surface area contributed by atoms with Crippen LogP contribution in [-0.4, -0.2) is 0 Å². The van der Waals surface area contributed by atoms with Gasteiger partial charge in [-0.25, -0.2) is 0 Å². The van der Waals surface area contributed by atoms with Gasteiger partial charge < -0.3 is 4.90 Å². The summed E-state index contributed by atoms with van der Waals surface area (Å²) in [4.78, 5) is 5.53. The lowest BCUT2D eigenvalue weighted by molar-refractivity contribution is -0.235. The molecule has 0 N–H and O–H groups in total. The SMILES string of the molecule is CC1(C)CCC(C)(C)c2c(-c3ccc(N(c4ccc5c(c4)C4(c6ccccc6S5)C5CC6CC7CC4C75C6)c4ccccc4-c4ccccc4)cc3)cccc21. The van der Waals surface area contributed by atoms with E-state index in [0.29, 0.717) is 5.41 Å². The zero-order valence-corrected chi connectivity index (χ0v) is 34.0. The van der Waals surface area contributed by atoms with Crippen molar-refractivity contribution in [2.75, 3.05) is 4.90 Å². The maximum absolute atomic E-state index is 2.65. The van der Waals surface area contributed by atoms with Crippen molar-refractivity contribution in [1.29, 1.82) is 0 Å². The lowest BCUT2D eigenvalue weighted by atomic mass is 9.26. The van der Waals surface area contributed by atoms with Crippen LogP contribution in [-0.2, 0) is 16.2 Å². The molecule has 0 aromatic heterocycles. The summed E-state index contributed by atoms with van der Waals surface area (Å²) in [7, 11) is 0. The third-order valence-electron chi connectivity index (χ3n) is 16.2. The number of benzene rings is 6. The lowest BCUT2D eigenvalue weighted by Gasteiger charge is -2.78. The molecular weight excluding hydrogens is 695 g/mol. The molecule has 0 radical (unpaired) electrons. The number of hydrogen-bond donors (Lipinski definition) is 0. The summed E-state index contributed by atoms with van der Waals surface area (Å²) in [5.74, 6) is 3.44. The van der Waals surface area contributed by atoms with Crippen molar-refractivity contribution in [3.05, 3.63) is 162 Å². The summed E-state index contributed by atoms with van der Waals surface area (Å²) < 4.78 is 0. The van der Waals surface area contributed by atoms with Gasteiger partial charge in [-0.2, -0.15) is 0 Å². The average Bonchev–Trinajstić information content (AvgIpc) is 3.76. The summed E-state index contributed by atoms with van der Waals surface area (Å²) in [5.41, 5.74) is 16.2. The Morgan fingerprint density at radius 3 is 2.04 bits per heavy atom. The Bertz CT molecular complexity index is 2560. The van der Waals surface area contributed by atoms with Crippen LogP contribution < -0.4 is 4.90 Å². The second-order valence-electron chi connectivity index (χ2n) is 19.6. The molecular formula is C54H51NS. The maximum Gasteiger partial charge on any atom is 0.0540 e. The van der Waals surface area contributed by atoms with E-state index in [9.17, 15) is 0 Å². The third kappa shape index (κ3) is 4.30. The van der Waals surface area contributed by atoms with Crippen LogP contribution >= 0.6 is 11.8 Å². The number of nitrogens with zero attached hydrogens (tertiary/aromatic N) is 1. The van der Waals surface area contributed by atoms with Crippen molar-refractivity contribution in [1.82, 2.24) is 0 Å². The van der Waals surface area contributed by atoms with Gasteiger partial charge >= 0.3 is 0 Å². The lowest BCUT2D eigenvalue weighted by Crippen LogP contribution is -2.74. The van der Waals surface area contributed by atoms with Gasteiger partial charge in [0.25, 0.3) is 0 Å². The molecule has 278 valence electrons. The first-order chi connectivity index (χ1) is 27.2. The van der Waals surface area contributed by atoms with Crippen molar-refractivity contribution >= 4 is 28.8 Å². The minimum Gasteiger partial charge on any atom is -0.310 e. The fourth-order valence-electron chi connectivity index (χ4n) is 13.9. The van der Waals surface area contributed by atoms with E-state index >= 15 is 0 Å². The smallest absolute Gasteiger partial charge is 0.0540 e. The Labute approximate surface area is 337 Å². The molecule has 6 aromatic carbocycles. The van der Waals surface area contributed by atoms with Crippen molar-refractivity contribution in [2.24, 2.45) is 29.1 Å². The van der Waals surface area contributed by atoms with Crippen LogP contribution in [0.3, 0.4) is 0 Å². The molecule has 4 fully saturated rings. The van der Waals surface area contributed by atoms with Gasteiger partial charge in [0.05, 0.1) is 5.69 Å². The van der Waals surface area contributed by atoms with Gasteiger partial charge in [-0.1, -0.05) is 137 Å². The van der Waals surface area contributed by atoms with Gasteiger partial charge in [0.2, 0.25) is 0 Å². The van der Waals surface area contributed by atoms with E-state index in [-0.39, 0.29) is 16.2 Å². The molecule has 1 aliphatic heterocycles. The molecule has 6 unspecified atom stereocenters. The van der Waals surface area contributed by atoms with E-state index < -0.39 is 0 Å². The Morgan fingerprint density at radius 1 is 0.536 bits per heavy atom. The highest BCUT2D eigenvalue weighted by Crippen LogP contribution is 2.89.